The Hall–Kier alpha value is -1.96. The smallest absolute Gasteiger partial charge is 0.126 e. The van der Waals surface area contributed by atoms with Crippen LogP contribution in [-0.4, -0.2) is 7.11 Å². The number of benzene rings is 2. The van der Waals surface area contributed by atoms with E-state index < -0.39 is 5.82 Å². The minimum atomic E-state index is -0.500. The molecular formula is C15H11Cl2FN2O. The van der Waals surface area contributed by atoms with Gasteiger partial charge >= 0.3 is 0 Å². The summed E-state index contributed by atoms with van der Waals surface area (Å²) < 4.78 is 18.4. The van der Waals surface area contributed by atoms with Gasteiger partial charge in [0.05, 0.1) is 34.5 Å². The maximum absolute atomic E-state index is 13.1. The van der Waals surface area contributed by atoms with Crippen molar-refractivity contribution in [3.63, 3.8) is 0 Å². The van der Waals surface area contributed by atoms with Crippen LogP contribution >= 0.6 is 23.2 Å². The molecule has 0 atom stereocenters. The van der Waals surface area contributed by atoms with E-state index in [1.54, 1.807) is 25.3 Å². The molecule has 0 heterocycles. The Labute approximate surface area is 131 Å². The van der Waals surface area contributed by atoms with Crippen molar-refractivity contribution in [3.8, 4) is 11.8 Å². The lowest BCUT2D eigenvalue weighted by molar-refractivity contribution is 0.410. The normalized spacial score (nSPS) is 10.0. The number of ether oxygens (including phenoxy) is 1. The van der Waals surface area contributed by atoms with Crippen LogP contribution < -0.4 is 10.1 Å². The molecule has 0 radical (unpaired) electrons. The van der Waals surface area contributed by atoms with E-state index >= 15 is 0 Å². The van der Waals surface area contributed by atoms with Crippen molar-refractivity contribution in [2.75, 3.05) is 12.4 Å². The molecule has 1 N–H and O–H groups in total. The zero-order chi connectivity index (χ0) is 15.4. The topological polar surface area (TPSA) is 45.0 Å². The SMILES string of the molecule is COc1ccc(C#N)cc1CNc1c(Cl)cc(F)cc1Cl. The van der Waals surface area contributed by atoms with E-state index in [1.807, 2.05) is 0 Å². The van der Waals surface area contributed by atoms with Gasteiger partial charge in [-0.25, -0.2) is 4.39 Å². The molecular weight excluding hydrogens is 314 g/mol. The number of hydrogen-bond donors (Lipinski definition) is 1. The minimum absolute atomic E-state index is 0.190. The van der Waals surface area contributed by atoms with Crippen LogP contribution in [-0.2, 0) is 6.54 Å². The van der Waals surface area contributed by atoms with Gasteiger partial charge in [-0.1, -0.05) is 23.2 Å². The predicted octanol–water partition coefficient (Wildman–Crippen LogP) is 4.62. The fourth-order valence-electron chi connectivity index (χ4n) is 1.88. The second-order valence-corrected chi connectivity index (χ2v) is 5.05. The molecule has 2 aromatic rings. The first-order chi connectivity index (χ1) is 10.0. The van der Waals surface area contributed by atoms with Gasteiger partial charge in [-0.15, -0.1) is 0 Å². The lowest BCUT2D eigenvalue weighted by atomic mass is 10.1. The van der Waals surface area contributed by atoms with E-state index in [0.717, 1.165) is 5.56 Å². The van der Waals surface area contributed by atoms with E-state index in [4.69, 9.17) is 33.2 Å². The third-order valence-corrected chi connectivity index (χ3v) is 3.47. The van der Waals surface area contributed by atoms with Crippen LogP contribution in [0.3, 0.4) is 0 Å². The van der Waals surface area contributed by atoms with Crippen molar-refractivity contribution in [1.82, 2.24) is 0 Å². The van der Waals surface area contributed by atoms with Crippen LogP contribution in [0.2, 0.25) is 10.0 Å². The molecule has 2 aromatic carbocycles. The Balaban J connectivity index is 2.26. The summed E-state index contributed by atoms with van der Waals surface area (Å²) in [4.78, 5) is 0. The third kappa shape index (κ3) is 3.57. The zero-order valence-corrected chi connectivity index (χ0v) is 12.6. The Morgan fingerprint density at radius 2 is 1.90 bits per heavy atom. The second-order valence-electron chi connectivity index (χ2n) is 4.24. The van der Waals surface area contributed by atoms with Crippen molar-refractivity contribution >= 4 is 28.9 Å². The molecule has 21 heavy (non-hydrogen) atoms. The van der Waals surface area contributed by atoms with Crippen LogP contribution in [0.1, 0.15) is 11.1 Å². The number of hydrogen-bond acceptors (Lipinski definition) is 3. The van der Waals surface area contributed by atoms with Gasteiger partial charge in [0, 0.05) is 12.1 Å². The van der Waals surface area contributed by atoms with Gasteiger partial charge < -0.3 is 10.1 Å². The van der Waals surface area contributed by atoms with Crippen molar-refractivity contribution in [3.05, 3.63) is 57.3 Å². The molecule has 2 rings (SSSR count). The highest BCUT2D eigenvalue weighted by Gasteiger charge is 2.10. The fraction of sp³-hybridized carbons (Fsp3) is 0.133. The van der Waals surface area contributed by atoms with Crippen molar-refractivity contribution < 1.29 is 9.13 Å². The van der Waals surface area contributed by atoms with Crippen LogP contribution in [0.4, 0.5) is 10.1 Å². The number of nitriles is 1. The lowest BCUT2D eigenvalue weighted by Crippen LogP contribution is -2.03. The molecule has 0 bridgehead atoms. The van der Waals surface area contributed by atoms with Crippen molar-refractivity contribution in [2.45, 2.75) is 6.54 Å². The van der Waals surface area contributed by atoms with E-state index in [9.17, 15) is 4.39 Å². The van der Waals surface area contributed by atoms with Gasteiger partial charge in [0.2, 0.25) is 0 Å². The fourth-order valence-corrected chi connectivity index (χ4v) is 2.48. The quantitative estimate of drug-likeness (QED) is 0.892. The summed E-state index contributed by atoms with van der Waals surface area (Å²) in [6.07, 6.45) is 0. The largest absolute Gasteiger partial charge is 0.496 e. The van der Waals surface area contributed by atoms with Gasteiger partial charge in [0.25, 0.3) is 0 Å². The summed E-state index contributed by atoms with van der Waals surface area (Å²) in [6.45, 7) is 0.337. The van der Waals surface area contributed by atoms with Crippen LogP contribution in [0.15, 0.2) is 30.3 Å². The lowest BCUT2D eigenvalue weighted by Gasteiger charge is -2.13. The number of nitrogens with one attached hydrogen (secondary N) is 1. The van der Waals surface area contributed by atoms with Crippen LogP contribution in [0.25, 0.3) is 0 Å². The molecule has 0 aliphatic carbocycles. The number of nitrogens with zero attached hydrogens (tertiary/aromatic N) is 1. The summed E-state index contributed by atoms with van der Waals surface area (Å²) in [6, 6.07) is 9.50. The first-order valence-corrected chi connectivity index (χ1v) is 6.76. The summed E-state index contributed by atoms with van der Waals surface area (Å²) in [5, 5.41) is 12.3. The summed E-state index contributed by atoms with van der Waals surface area (Å²) in [5.41, 5.74) is 1.72. The molecule has 0 saturated heterocycles. The van der Waals surface area contributed by atoms with Gasteiger partial charge in [0.1, 0.15) is 11.6 Å². The standard InChI is InChI=1S/C15H11Cl2FN2O/c1-21-14-3-2-9(7-19)4-10(14)8-20-15-12(16)5-11(18)6-13(15)17/h2-6,20H,8H2,1H3. The van der Waals surface area contributed by atoms with Crippen molar-refractivity contribution in [2.24, 2.45) is 0 Å². The average molecular weight is 325 g/mol. The Kier molecular flexibility index (Phi) is 4.89. The third-order valence-electron chi connectivity index (χ3n) is 2.87. The van der Waals surface area contributed by atoms with Gasteiger partial charge in [-0.2, -0.15) is 5.26 Å². The van der Waals surface area contributed by atoms with Crippen LogP contribution in [0, 0.1) is 17.1 Å². The average Bonchev–Trinajstić information content (AvgIpc) is 2.45. The van der Waals surface area contributed by atoms with Crippen molar-refractivity contribution in [1.29, 1.82) is 5.26 Å². The van der Waals surface area contributed by atoms with Gasteiger partial charge in [0.15, 0.2) is 0 Å². The zero-order valence-electron chi connectivity index (χ0n) is 11.1. The Morgan fingerprint density at radius 3 is 2.48 bits per heavy atom. The molecule has 3 nitrogen and oxygen atoms in total. The Bertz CT molecular complexity index is 690. The first-order valence-electron chi connectivity index (χ1n) is 6.00. The summed E-state index contributed by atoms with van der Waals surface area (Å²) in [7, 11) is 1.54. The highest BCUT2D eigenvalue weighted by atomic mass is 35.5. The number of anilines is 1. The minimum Gasteiger partial charge on any atom is -0.496 e. The summed E-state index contributed by atoms with van der Waals surface area (Å²) >= 11 is 11.9. The molecule has 0 spiro atoms. The molecule has 0 fully saturated rings. The van der Waals surface area contributed by atoms with E-state index in [0.29, 0.717) is 23.5 Å². The highest BCUT2D eigenvalue weighted by molar-refractivity contribution is 6.39. The second kappa shape index (κ2) is 6.66. The van der Waals surface area contributed by atoms with E-state index in [2.05, 4.69) is 11.4 Å². The maximum atomic E-state index is 13.1. The molecule has 0 saturated carbocycles. The number of methoxy groups -OCH3 is 1. The van der Waals surface area contributed by atoms with Gasteiger partial charge in [-0.3, -0.25) is 0 Å². The summed E-state index contributed by atoms with van der Waals surface area (Å²) in [5.74, 6) is 0.135. The predicted molar refractivity (Wildman–Crippen MR) is 81.5 cm³/mol. The number of halogens is 3. The number of rotatable bonds is 4. The maximum Gasteiger partial charge on any atom is 0.126 e. The highest BCUT2D eigenvalue weighted by Crippen LogP contribution is 2.32. The molecule has 0 aromatic heterocycles. The van der Waals surface area contributed by atoms with Crippen LogP contribution in [0.5, 0.6) is 5.75 Å². The molecule has 108 valence electrons. The first kappa shape index (κ1) is 15.4. The van der Waals surface area contributed by atoms with E-state index in [1.165, 1.54) is 12.1 Å². The molecule has 0 unspecified atom stereocenters. The molecule has 6 heteroatoms. The monoisotopic (exact) mass is 324 g/mol. The van der Waals surface area contributed by atoms with E-state index in [-0.39, 0.29) is 10.0 Å². The van der Waals surface area contributed by atoms with Gasteiger partial charge in [-0.05, 0) is 30.3 Å². The molecule has 0 aliphatic heterocycles. The Morgan fingerprint density at radius 1 is 1.24 bits per heavy atom. The molecule has 0 amide bonds. The molecule has 0 aliphatic rings.